The Hall–Kier alpha value is -4.65. The highest BCUT2D eigenvalue weighted by atomic mass is 16.5. The molecule has 188 valence electrons. The number of esters is 1. The first-order chi connectivity index (χ1) is 18.1. The van der Waals surface area contributed by atoms with E-state index in [2.05, 4.69) is 17.5 Å². The second-order valence-electron chi connectivity index (χ2n) is 8.28. The molecule has 0 aliphatic carbocycles. The minimum atomic E-state index is -0.458. The lowest BCUT2D eigenvalue weighted by molar-refractivity contribution is -0.123. The summed E-state index contributed by atoms with van der Waals surface area (Å²) in [5.74, 6) is 0.899. The number of carbonyl (C=O) groups excluding carboxylic acids is 2. The van der Waals surface area contributed by atoms with E-state index in [4.69, 9.17) is 14.2 Å². The molecule has 0 aliphatic heterocycles. The summed E-state index contributed by atoms with van der Waals surface area (Å²) in [5, 5.41) is 6.10. The first-order valence-corrected chi connectivity index (χ1v) is 12.1. The summed E-state index contributed by atoms with van der Waals surface area (Å²) in [7, 11) is 0. The number of unbranched alkanes of at least 4 members (excludes halogenated alkanes) is 1. The smallest absolute Gasteiger partial charge is 0.343 e. The van der Waals surface area contributed by atoms with Gasteiger partial charge in [-0.25, -0.2) is 10.2 Å². The molecule has 7 nitrogen and oxygen atoms in total. The molecule has 7 heteroatoms. The maximum atomic E-state index is 12.4. The monoisotopic (exact) mass is 496 g/mol. The number of carbonyl (C=O) groups is 2. The van der Waals surface area contributed by atoms with Gasteiger partial charge in [0.25, 0.3) is 5.91 Å². The topological polar surface area (TPSA) is 86.2 Å². The number of nitrogens with zero attached hydrogens (tertiary/aromatic N) is 1. The van der Waals surface area contributed by atoms with Crippen LogP contribution in [0, 0.1) is 0 Å². The molecule has 4 rings (SSSR count). The lowest BCUT2D eigenvalue weighted by atomic mass is 10.1. The number of fused-ring (bicyclic) bond motifs is 1. The van der Waals surface area contributed by atoms with E-state index >= 15 is 0 Å². The Bertz CT molecular complexity index is 1370. The Morgan fingerprint density at radius 2 is 1.51 bits per heavy atom. The van der Waals surface area contributed by atoms with E-state index in [0.29, 0.717) is 23.7 Å². The van der Waals surface area contributed by atoms with Gasteiger partial charge in [0.15, 0.2) is 6.61 Å². The molecule has 0 heterocycles. The number of ether oxygens (including phenoxy) is 3. The highest BCUT2D eigenvalue weighted by molar-refractivity contribution is 5.91. The molecular weight excluding hydrogens is 468 g/mol. The third kappa shape index (κ3) is 7.67. The number of hydrogen-bond donors (Lipinski definition) is 1. The maximum Gasteiger partial charge on any atom is 0.343 e. The normalized spacial score (nSPS) is 10.8. The molecule has 0 unspecified atom stereocenters. The number of amides is 1. The number of benzene rings is 4. The molecule has 37 heavy (non-hydrogen) atoms. The van der Waals surface area contributed by atoms with E-state index in [1.54, 1.807) is 48.5 Å². The molecule has 0 aromatic heterocycles. The Morgan fingerprint density at radius 1 is 0.811 bits per heavy atom. The third-order valence-corrected chi connectivity index (χ3v) is 5.44. The summed E-state index contributed by atoms with van der Waals surface area (Å²) in [5.41, 5.74) is 3.60. The van der Waals surface area contributed by atoms with Crippen LogP contribution in [0.25, 0.3) is 10.8 Å². The molecule has 0 fully saturated rings. The zero-order valence-electron chi connectivity index (χ0n) is 20.6. The van der Waals surface area contributed by atoms with Crippen LogP contribution in [-0.4, -0.2) is 31.3 Å². The molecule has 0 saturated heterocycles. The average molecular weight is 497 g/mol. The maximum absolute atomic E-state index is 12.4. The summed E-state index contributed by atoms with van der Waals surface area (Å²) in [6, 6.07) is 27.2. The molecule has 0 spiro atoms. The SMILES string of the molecule is CCCCOc1ccc(C(=O)Oc2ccc(C=NNC(=O)COc3ccc4ccccc4c3)cc2)cc1. The van der Waals surface area contributed by atoms with Crippen LogP contribution in [-0.2, 0) is 4.79 Å². The highest BCUT2D eigenvalue weighted by Gasteiger charge is 2.09. The Balaban J connectivity index is 1.21. The van der Waals surface area contributed by atoms with Gasteiger partial charge in [0.05, 0.1) is 18.4 Å². The Labute approximate surface area is 215 Å². The van der Waals surface area contributed by atoms with E-state index in [1.807, 2.05) is 42.5 Å². The Morgan fingerprint density at radius 3 is 2.27 bits per heavy atom. The van der Waals surface area contributed by atoms with Crippen molar-refractivity contribution < 1.29 is 23.8 Å². The molecule has 0 aliphatic rings. The second-order valence-corrected chi connectivity index (χ2v) is 8.28. The summed E-state index contributed by atoms with van der Waals surface area (Å²) in [6.45, 7) is 2.60. The minimum absolute atomic E-state index is 0.156. The fourth-order valence-electron chi connectivity index (χ4n) is 3.43. The minimum Gasteiger partial charge on any atom is -0.494 e. The largest absolute Gasteiger partial charge is 0.494 e. The van der Waals surface area contributed by atoms with Crippen LogP contribution in [0.1, 0.15) is 35.7 Å². The fourth-order valence-corrected chi connectivity index (χ4v) is 3.43. The van der Waals surface area contributed by atoms with Gasteiger partial charge >= 0.3 is 5.97 Å². The number of rotatable bonds is 11. The van der Waals surface area contributed by atoms with E-state index in [1.165, 1.54) is 6.21 Å². The van der Waals surface area contributed by atoms with Gasteiger partial charge in [0, 0.05) is 0 Å². The van der Waals surface area contributed by atoms with Gasteiger partial charge in [-0.05, 0) is 83.4 Å². The number of hydrogen-bond acceptors (Lipinski definition) is 6. The predicted octanol–water partition coefficient (Wildman–Crippen LogP) is 5.77. The third-order valence-electron chi connectivity index (χ3n) is 5.44. The van der Waals surface area contributed by atoms with E-state index < -0.39 is 5.97 Å². The molecule has 4 aromatic rings. The van der Waals surface area contributed by atoms with Crippen molar-refractivity contribution in [2.24, 2.45) is 5.10 Å². The van der Waals surface area contributed by atoms with Gasteiger partial charge in [-0.1, -0.05) is 43.7 Å². The summed E-state index contributed by atoms with van der Waals surface area (Å²) in [4.78, 5) is 24.4. The van der Waals surface area contributed by atoms with Crippen molar-refractivity contribution in [1.82, 2.24) is 5.43 Å². The summed E-state index contributed by atoms with van der Waals surface area (Å²) in [6.07, 6.45) is 3.54. The van der Waals surface area contributed by atoms with Crippen LogP contribution < -0.4 is 19.6 Å². The fraction of sp³-hybridized carbons (Fsp3) is 0.167. The van der Waals surface area contributed by atoms with Crippen molar-refractivity contribution in [1.29, 1.82) is 0 Å². The molecular formula is C30H28N2O5. The van der Waals surface area contributed by atoms with Gasteiger partial charge in [0.2, 0.25) is 0 Å². The zero-order valence-corrected chi connectivity index (χ0v) is 20.6. The van der Waals surface area contributed by atoms with Crippen molar-refractivity contribution in [3.63, 3.8) is 0 Å². The summed E-state index contributed by atoms with van der Waals surface area (Å²) < 4.78 is 16.6. The van der Waals surface area contributed by atoms with Gasteiger partial charge in [-0.2, -0.15) is 5.10 Å². The van der Waals surface area contributed by atoms with E-state index in [0.717, 1.165) is 34.9 Å². The molecule has 1 amide bonds. The van der Waals surface area contributed by atoms with E-state index in [9.17, 15) is 9.59 Å². The summed E-state index contributed by atoms with van der Waals surface area (Å²) >= 11 is 0. The quantitative estimate of drug-likeness (QED) is 0.0937. The van der Waals surface area contributed by atoms with Gasteiger partial charge < -0.3 is 14.2 Å². The van der Waals surface area contributed by atoms with E-state index in [-0.39, 0.29) is 12.5 Å². The first kappa shape index (κ1) is 25.4. The van der Waals surface area contributed by atoms with Crippen LogP contribution in [0.3, 0.4) is 0 Å². The first-order valence-electron chi connectivity index (χ1n) is 12.1. The lowest BCUT2D eigenvalue weighted by Crippen LogP contribution is -2.24. The van der Waals surface area contributed by atoms with Crippen LogP contribution in [0.15, 0.2) is 96.1 Å². The van der Waals surface area contributed by atoms with Crippen molar-refractivity contribution in [2.45, 2.75) is 19.8 Å². The highest BCUT2D eigenvalue weighted by Crippen LogP contribution is 2.20. The molecule has 0 radical (unpaired) electrons. The molecule has 4 aromatic carbocycles. The van der Waals surface area contributed by atoms with Crippen LogP contribution in [0.2, 0.25) is 0 Å². The van der Waals surface area contributed by atoms with Crippen molar-refractivity contribution >= 4 is 28.9 Å². The van der Waals surface area contributed by atoms with Crippen molar-refractivity contribution in [2.75, 3.05) is 13.2 Å². The van der Waals surface area contributed by atoms with Crippen LogP contribution in [0.4, 0.5) is 0 Å². The molecule has 1 N–H and O–H groups in total. The molecule has 0 bridgehead atoms. The molecule has 0 atom stereocenters. The van der Waals surface area contributed by atoms with Crippen LogP contribution in [0.5, 0.6) is 17.2 Å². The number of hydrazone groups is 1. The average Bonchev–Trinajstić information content (AvgIpc) is 2.93. The van der Waals surface area contributed by atoms with Crippen LogP contribution >= 0.6 is 0 Å². The molecule has 0 saturated carbocycles. The predicted molar refractivity (Wildman–Crippen MR) is 143 cm³/mol. The van der Waals surface area contributed by atoms with Crippen molar-refractivity contribution in [3.8, 4) is 17.2 Å². The zero-order chi connectivity index (χ0) is 25.9. The second kappa shape index (κ2) is 12.9. The van der Waals surface area contributed by atoms with Gasteiger partial charge in [-0.15, -0.1) is 0 Å². The lowest BCUT2D eigenvalue weighted by Gasteiger charge is -2.07. The van der Waals surface area contributed by atoms with Gasteiger partial charge in [0.1, 0.15) is 17.2 Å². The standard InChI is InChI=1S/C30H28N2O5/c1-2-3-18-35-26-15-11-24(12-16-26)30(34)37-27-13-8-22(9-14-27)20-31-32-29(33)21-36-28-17-10-23-6-4-5-7-25(23)19-28/h4-17,19-20H,2-3,18,21H2,1H3,(H,32,33). The van der Waals surface area contributed by atoms with Gasteiger partial charge in [-0.3, -0.25) is 4.79 Å². The van der Waals surface area contributed by atoms with Crippen molar-refractivity contribution in [3.05, 3.63) is 102 Å². The Kier molecular flexibility index (Phi) is 8.86. The number of nitrogens with one attached hydrogen (secondary N) is 1.